The van der Waals surface area contributed by atoms with Crippen molar-refractivity contribution in [3.8, 4) is 0 Å². The molecule has 0 aromatic carbocycles. The Morgan fingerprint density at radius 3 is 2.69 bits per heavy atom. The molecule has 16 heavy (non-hydrogen) atoms. The van der Waals surface area contributed by atoms with Gasteiger partial charge < -0.3 is 0 Å². The molecule has 2 rings (SSSR count). The Hall–Kier alpha value is -0.780. The van der Waals surface area contributed by atoms with Crippen molar-refractivity contribution in [2.45, 2.75) is 53.4 Å². The van der Waals surface area contributed by atoms with Crippen LogP contribution in [0.4, 0.5) is 0 Å². The fourth-order valence-corrected chi connectivity index (χ4v) is 3.08. The predicted octanol–water partition coefficient (Wildman–Crippen LogP) is 5.04. The van der Waals surface area contributed by atoms with E-state index in [2.05, 4.69) is 39.8 Å². The maximum absolute atomic E-state index is 2.46. The first kappa shape index (κ1) is 11.7. The molecular formula is C16H24. The maximum atomic E-state index is 2.46. The summed E-state index contributed by atoms with van der Waals surface area (Å²) in [6.07, 6.45) is 9.91. The lowest BCUT2D eigenvalue weighted by atomic mass is 9.74. The van der Waals surface area contributed by atoms with Crippen molar-refractivity contribution in [1.29, 1.82) is 0 Å². The minimum atomic E-state index is 0.816. The molecule has 0 heteroatoms. The third-order valence-electron chi connectivity index (χ3n) is 3.94. The van der Waals surface area contributed by atoms with Gasteiger partial charge in [-0.1, -0.05) is 42.7 Å². The number of allylic oxidation sites excluding steroid dienone is 6. The fourth-order valence-electron chi connectivity index (χ4n) is 3.08. The lowest BCUT2D eigenvalue weighted by Gasteiger charge is -2.31. The van der Waals surface area contributed by atoms with Gasteiger partial charge in [-0.25, -0.2) is 0 Å². The molecule has 0 aromatic heterocycles. The van der Waals surface area contributed by atoms with Gasteiger partial charge in [0.2, 0.25) is 0 Å². The first-order valence-corrected chi connectivity index (χ1v) is 6.62. The van der Waals surface area contributed by atoms with Gasteiger partial charge in [-0.2, -0.15) is 0 Å². The Balaban J connectivity index is 2.23. The van der Waals surface area contributed by atoms with Gasteiger partial charge in [0.1, 0.15) is 0 Å². The Labute approximate surface area is 100 Å². The Morgan fingerprint density at radius 2 is 2.00 bits per heavy atom. The fraction of sp³-hybridized carbons (Fsp3) is 0.625. The van der Waals surface area contributed by atoms with Gasteiger partial charge in [0.15, 0.2) is 0 Å². The molecule has 2 aliphatic carbocycles. The predicted molar refractivity (Wildman–Crippen MR) is 71.3 cm³/mol. The van der Waals surface area contributed by atoms with Crippen molar-refractivity contribution in [2.75, 3.05) is 0 Å². The zero-order valence-electron chi connectivity index (χ0n) is 11.1. The second-order valence-corrected chi connectivity index (χ2v) is 5.88. The minimum Gasteiger partial charge on any atom is -0.0809 e. The molecule has 0 bridgehead atoms. The average Bonchev–Trinajstić information content (AvgIpc) is 2.22. The van der Waals surface area contributed by atoms with Crippen LogP contribution < -0.4 is 0 Å². The number of hydrogen-bond acceptors (Lipinski definition) is 0. The van der Waals surface area contributed by atoms with E-state index in [-0.39, 0.29) is 0 Å². The maximum Gasteiger partial charge on any atom is -0.00925 e. The third kappa shape index (κ3) is 2.31. The van der Waals surface area contributed by atoms with E-state index in [1.54, 1.807) is 22.3 Å². The minimum absolute atomic E-state index is 0.816. The van der Waals surface area contributed by atoms with Crippen LogP contribution in [0.3, 0.4) is 0 Å². The summed E-state index contributed by atoms with van der Waals surface area (Å²) in [6, 6.07) is 0. The summed E-state index contributed by atoms with van der Waals surface area (Å²) in [7, 11) is 0. The second-order valence-electron chi connectivity index (χ2n) is 5.88. The van der Waals surface area contributed by atoms with Crippen molar-refractivity contribution < 1.29 is 0 Å². The highest BCUT2D eigenvalue weighted by Crippen LogP contribution is 2.41. The summed E-state index contributed by atoms with van der Waals surface area (Å²) in [4.78, 5) is 0. The summed E-state index contributed by atoms with van der Waals surface area (Å²) in [5.74, 6) is 1.64. The Bertz CT molecular complexity index is 363. The SMILES string of the molecule is CC1=CCC2=C(C1)C(CC(C)C)CC=C2C. The van der Waals surface area contributed by atoms with Crippen LogP contribution in [0.5, 0.6) is 0 Å². The molecule has 1 atom stereocenters. The van der Waals surface area contributed by atoms with Crippen LogP contribution in [0.1, 0.15) is 53.4 Å². The molecule has 0 aliphatic heterocycles. The Morgan fingerprint density at radius 1 is 1.25 bits per heavy atom. The first-order valence-electron chi connectivity index (χ1n) is 6.62. The van der Waals surface area contributed by atoms with Gasteiger partial charge >= 0.3 is 0 Å². The molecule has 0 saturated carbocycles. The molecule has 0 aromatic rings. The largest absolute Gasteiger partial charge is 0.0809 e. The van der Waals surface area contributed by atoms with E-state index in [9.17, 15) is 0 Å². The molecule has 0 nitrogen and oxygen atoms in total. The van der Waals surface area contributed by atoms with Gasteiger partial charge in [-0.05, 0) is 56.9 Å². The molecule has 2 aliphatic rings. The molecule has 0 fully saturated rings. The standard InChI is InChI=1S/C16H24/c1-11(2)9-14-7-6-13(4)15-8-5-12(3)10-16(14)15/h5-6,11,14H,7-10H2,1-4H3. The Kier molecular flexibility index (Phi) is 3.37. The van der Waals surface area contributed by atoms with Gasteiger partial charge in [0, 0.05) is 0 Å². The van der Waals surface area contributed by atoms with Crippen LogP contribution in [0, 0.1) is 11.8 Å². The van der Waals surface area contributed by atoms with E-state index in [4.69, 9.17) is 0 Å². The molecule has 88 valence electrons. The molecule has 0 radical (unpaired) electrons. The molecule has 1 unspecified atom stereocenters. The highest BCUT2D eigenvalue weighted by molar-refractivity contribution is 5.44. The van der Waals surface area contributed by atoms with Gasteiger partial charge in [-0.15, -0.1) is 0 Å². The topological polar surface area (TPSA) is 0 Å². The van der Waals surface area contributed by atoms with Crippen molar-refractivity contribution in [3.05, 3.63) is 34.4 Å². The van der Waals surface area contributed by atoms with E-state index >= 15 is 0 Å². The van der Waals surface area contributed by atoms with Crippen molar-refractivity contribution in [3.63, 3.8) is 0 Å². The smallest absolute Gasteiger partial charge is 0.00925 e. The van der Waals surface area contributed by atoms with Crippen molar-refractivity contribution >= 4 is 0 Å². The highest BCUT2D eigenvalue weighted by atomic mass is 14.3. The van der Waals surface area contributed by atoms with Gasteiger partial charge in [0.25, 0.3) is 0 Å². The van der Waals surface area contributed by atoms with Crippen molar-refractivity contribution in [2.24, 2.45) is 11.8 Å². The van der Waals surface area contributed by atoms with E-state index in [1.807, 2.05) is 0 Å². The lowest BCUT2D eigenvalue weighted by Crippen LogP contribution is -2.16. The summed E-state index contributed by atoms with van der Waals surface area (Å²) >= 11 is 0. The number of hydrogen-bond donors (Lipinski definition) is 0. The van der Waals surface area contributed by atoms with E-state index < -0.39 is 0 Å². The molecule has 0 amide bonds. The summed E-state index contributed by atoms with van der Waals surface area (Å²) in [5, 5.41) is 0. The van der Waals surface area contributed by atoms with E-state index in [0.717, 1.165) is 11.8 Å². The van der Waals surface area contributed by atoms with Crippen molar-refractivity contribution in [1.82, 2.24) is 0 Å². The van der Waals surface area contributed by atoms with Crippen LogP contribution in [-0.4, -0.2) is 0 Å². The zero-order chi connectivity index (χ0) is 11.7. The average molecular weight is 216 g/mol. The molecule has 0 saturated heterocycles. The van der Waals surface area contributed by atoms with Gasteiger partial charge in [-0.3, -0.25) is 0 Å². The van der Waals surface area contributed by atoms with Crippen LogP contribution in [0.2, 0.25) is 0 Å². The monoisotopic (exact) mass is 216 g/mol. The zero-order valence-corrected chi connectivity index (χ0v) is 11.1. The second kappa shape index (κ2) is 4.61. The van der Waals surface area contributed by atoms with Crippen LogP contribution in [-0.2, 0) is 0 Å². The highest BCUT2D eigenvalue weighted by Gasteiger charge is 2.24. The van der Waals surface area contributed by atoms with E-state index in [1.165, 1.54) is 25.7 Å². The third-order valence-corrected chi connectivity index (χ3v) is 3.94. The molecule has 0 N–H and O–H groups in total. The molecule has 0 heterocycles. The lowest BCUT2D eigenvalue weighted by molar-refractivity contribution is 0.445. The van der Waals surface area contributed by atoms with Crippen LogP contribution in [0.15, 0.2) is 34.4 Å². The molecular weight excluding hydrogens is 192 g/mol. The summed E-state index contributed by atoms with van der Waals surface area (Å²) in [5.41, 5.74) is 6.53. The van der Waals surface area contributed by atoms with E-state index in [0.29, 0.717) is 0 Å². The van der Waals surface area contributed by atoms with Gasteiger partial charge in [0.05, 0.1) is 0 Å². The number of rotatable bonds is 2. The van der Waals surface area contributed by atoms with Crippen LogP contribution in [0.25, 0.3) is 0 Å². The van der Waals surface area contributed by atoms with Crippen LogP contribution >= 0.6 is 0 Å². The quantitative estimate of drug-likeness (QED) is 0.567. The summed E-state index contributed by atoms with van der Waals surface area (Å²) < 4.78 is 0. The molecule has 0 spiro atoms. The first-order chi connectivity index (χ1) is 7.58. The summed E-state index contributed by atoms with van der Waals surface area (Å²) in [6.45, 7) is 9.26. The normalized spacial score (nSPS) is 25.4.